The van der Waals surface area contributed by atoms with E-state index in [4.69, 9.17) is 4.74 Å². The molecule has 0 atom stereocenters. The van der Waals surface area contributed by atoms with Gasteiger partial charge in [0.25, 0.3) is 0 Å². The maximum atomic E-state index is 5.65. The van der Waals surface area contributed by atoms with E-state index in [0.29, 0.717) is 12.6 Å². The van der Waals surface area contributed by atoms with Crippen LogP contribution in [0.5, 0.6) is 5.75 Å². The first-order chi connectivity index (χ1) is 10.7. The minimum absolute atomic E-state index is 0.202. The molecule has 4 heteroatoms. The lowest BCUT2D eigenvalue weighted by Crippen LogP contribution is -2.42. The van der Waals surface area contributed by atoms with E-state index in [2.05, 4.69) is 46.8 Å². The molecule has 1 aromatic rings. The third kappa shape index (κ3) is 5.43. The molecule has 0 aromatic heterocycles. The zero-order valence-corrected chi connectivity index (χ0v) is 13.8. The molecule has 0 radical (unpaired) electrons. The van der Waals surface area contributed by atoms with Crippen LogP contribution in [0.4, 0.5) is 0 Å². The maximum Gasteiger partial charge on any atom is 0.191 e. The smallest absolute Gasteiger partial charge is 0.191 e. The third-order valence-electron chi connectivity index (χ3n) is 3.41. The van der Waals surface area contributed by atoms with Gasteiger partial charge in [0.2, 0.25) is 0 Å². The second kappa shape index (κ2) is 8.47. The standard InChI is InChI=1S/C18H27N3O/c1-4-19-18(21-16-7-5-6-8-16)20-13-15-9-11-17(12-10-15)22-14(2)3/h5-6,9-12,14,16H,4,7-8,13H2,1-3H3,(H2,19,20,21). The van der Waals surface area contributed by atoms with Crippen LogP contribution in [0.2, 0.25) is 0 Å². The van der Waals surface area contributed by atoms with Crippen molar-refractivity contribution in [1.29, 1.82) is 0 Å². The Balaban J connectivity index is 1.91. The van der Waals surface area contributed by atoms with Gasteiger partial charge >= 0.3 is 0 Å². The van der Waals surface area contributed by atoms with E-state index in [1.165, 1.54) is 5.56 Å². The molecule has 0 fully saturated rings. The number of hydrogen-bond acceptors (Lipinski definition) is 2. The number of hydrogen-bond donors (Lipinski definition) is 2. The second-order valence-electron chi connectivity index (χ2n) is 5.79. The van der Waals surface area contributed by atoms with Crippen LogP contribution in [0.3, 0.4) is 0 Å². The fraction of sp³-hybridized carbons (Fsp3) is 0.500. The Morgan fingerprint density at radius 3 is 2.50 bits per heavy atom. The van der Waals surface area contributed by atoms with Crippen LogP contribution in [0.1, 0.15) is 39.2 Å². The van der Waals surface area contributed by atoms with Gasteiger partial charge in [-0.05, 0) is 51.3 Å². The summed E-state index contributed by atoms with van der Waals surface area (Å²) >= 11 is 0. The second-order valence-corrected chi connectivity index (χ2v) is 5.79. The number of aliphatic imine (C=N–C) groups is 1. The zero-order chi connectivity index (χ0) is 15.8. The molecule has 22 heavy (non-hydrogen) atoms. The van der Waals surface area contributed by atoms with Crippen LogP contribution >= 0.6 is 0 Å². The molecule has 0 saturated carbocycles. The van der Waals surface area contributed by atoms with E-state index < -0.39 is 0 Å². The van der Waals surface area contributed by atoms with E-state index in [1.54, 1.807) is 0 Å². The highest BCUT2D eigenvalue weighted by molar-refractivity contribution is 5.80. The number of benzene rings is 1. The summed E-state index contributed by atoms with van der Waals surface area (Å²) in [6, 6.07) is 8.63. The summed E-state index contributed by atoms with van der Waals surface area (Å²) in [5.41, 5.74) is 1.18. The molecular formula is C18H27N3O. The Morgan fingerprint density at radius 1 is 1.23 bits per heavy atom. The highest BCUT2D eigenvalue weighted by atomic mass is 16.5. The van der Waals surface area contributed by atoms with E-state index in [0.717, 1.165) is 31.1 Å². The molecule has 2 N–H and O–H groups in total. The first-order valence-corrected chi connectivity index (χ1v) is 8.12. The van der Waals surface area contributed by atoms with Gasteiger partial charge in [0.05, 0.1) is 12.6 Å². The van der Waals surface area contributed by atoms with Crippen molar-refractivity contribution in [2.24, 2.45) is 4.99 Å². The monoisotopic (exact) mass is 301 g/mol. The fourth-order valence-corrected chi connectivity index (χ4v) is 2.36. The molecule has 1 aromatic carbocycles. The van der Waals surface area contributed by atoms with Gasteiger partial charge in [-0.2, -0.15) is 0 Å². The molecule has 0 saturated heterocycles. The summed E-state index contributed by atoms with van der Waals surface area (Å²) in [4.78, 5) is 4.66. The van der Waals surface area contributed by atoms with Crippen LogP contribution in [-0.2, 0) is 6.54 Å². The molecule has 0 unspecified atom stereocenters. The summed E-state index contributed by atoms with van der Waals surface area (Å²) in [5, 5.41) is 6.78. The van der Waals surface area contributed by atoms with Crippen LogP contribution in [0.25, 0.3) is 0 Å². The normalized spacial score (nSPS) is 15.4. The van der Waals surface area contributed by atoms with Crippen molar-refractivity contribution in [3.05, 3.63) is 42.0 Å². The molecule has 0 amide bonds. The van der Waals surface area contributed by atoms with Crippen molar-refractivity contribution in [2.75, 3.05) is 6.54 Å². The number of nitrogens with one attached hydrogen (secondary N) is 2. The van der Waals surface area contributed by atoms with Gasteiger partial charge in [-0.15, -0.1) is 0 Å². The van der Waals surface area contributed by atoms with Gasteiger partial charge in [-0.25, -0.2) is 4.99 Å². The Bertz CT molecular complexity index is 498. The van der Waals surface area contributed by atoms with Crippen LogP contribution in [0.15, 0.2) is 41.4 Å². The van der Waals surface area contributed by atoms with Crippen molar-refractivity contribution >= 4 is 5.96 Å². The SMILES string of the molecule is CCNC(=NCc1ccc(OC(C)C)cc1)NC1CC=CC1. The average Bonchev–Trinajstić information content (AvgIpc) is 2.99. The lowest BCUT2D eigenvalue weighted by Gasteiger charge is -2.16. The van der Waals surface area contributed by atoms with E-state index >= 15 is 0 Å². The highest BCUT2D eigenvalue weighted by Crippen LogP contribution is 2.14. The Hall–Kier alpha value is -1.97. The van der Waals surface area contributed by atoms with Crippen molar-refractivity contribution < 1.29 is 4.74 Å². The minimum atomic E-state index is 0.202. The quantitative estimate of drug-likeness (QED) is 0.482. The molecule has 4 nitrogen and oxygen atoms in total. The lowest BCUT2D eigenvalue weighted by atomic mass is 10.2. The maximum absolute atomic E-state index is 5.65. The van der Waals surface area contributed by atoms with Crippen LogP contribution < -0.4 is 15.4 Å². The molecule has 120 valence electrons. The third-order valence-corrected chi connectivity index (χ3v) is 3.41. The van der Waals surface area contributed by atoms with E-state index in [1.807, 2.05) is 26.0 Å². The van der Waals surface area contributed by atoms with Gasteiger partial charge in [0.1, 0.15) is 5.75 Å². The van der Waals surface area contributed by atoms with Gasteiger partial charge < -0.3 is 15.4 Å². The van der Waals surface area contributed by atoms with Crippen LogP contribution in [-0.4, -0.2) is 24.7 Å². The van der Waals surface area contributed by atoms with E-state index in [9.17, 15) is 0 Å². The summed E-state index contributed by atoms with van der Waals surface area (Å²) in [6.45, 7) is 7.68. The molecule has 2 rings (SSSR count). The van der Waals surface area contributed by atoms with Gasteiger partial charge in [0.15, 0.2) is 5.96 Å². The summed E-state index contributed by atoms with van der Waals surface area (Å²) in [6.07, 6.45) is 6.79. The average molecular weight is 301 g/mol. The predicted octanol–water partition coefficient (Wildman–Crippen LogP) is 3.25. The largest absolute Gasteiger partial charge is 0.491 e. The molecule has 0 bridgehead atoms. The number of guanidine groups is 1. The van der Waals surface area contributed by atoms with Gasteiger partial charge in [0, 0.05) is 12.6 Å². The first kappa shape index (κ1) is 16.4. The van der Waals surface area contributed by atoms with Gasteiger partial charge in [-0.3, -0.25) is 0 Å². The number of nitrogens with zero attached hydrogens (tertiary/aromatic N) is 1. The van der Waals surface area contributed by atoms with Gasteiger partial charge in [-0.1, -0.05) is 24.3 Å². The Kier molecular flexibility index (Phi) is 6.31. The highest BCUT2D eigenvalue weighted by Gasteiger charge is 2.11. The predicted molar refractivity (Wildman–Crippen MR) is 92.3 cm³/mol. The molecule has 0 aliphatic heterocycles. The first-order valence-electron chi connectivity index (χ1n) is 8.12. The topological polar surface area (TPSA) is 45.7 Å². The molecule has 0 heterocycles. The fourth-order valence-electron chi connectivity index (χ4n) is 2.36. The molecule has 1 aliphatic carbocycles. The minimum Gasteiger partial charge on any atom is -0.491 e. The summed E-state index contributed by atoms with van der Waals surface area (Å²) in [7, 11) is 0. The van der Waals surface area contributed by atoms with Crippen molar-refractivity contribution in [1.82, 2.24) is 10.6 Å². The van der Waals surface area contributed by atoms with Crippen molar-refractivity contribution in [2.45, 2.75) is 52.3 Å². The van der Waals surface area contributed by atoms with E-state index in [-0.39, 0.29) is 6.10 Å². The number of rotatable bonds is 6. The van der Waals surface area contributed by atoms with Crippen molar-refractivity contribution in [3.8, 4) is 5.75 Å². The summed E-state index contributed by atoms with van der Waals surface area (Å²) in [5.74, 6) is 1.79. The zero-order valence-electron chi connectivity index (χ0n) is 13.8. The Labute approximate surface area is 133 Å². The molecule has 0 spiro atoms. The Morgan fingerprint density at radius 2 is 1.91 bits per heavy atom. The molecule has 1 aliphatic rings. The number of ether oxygens (including phenoxy) is 1. The molecular weight excluding hydrogens is 274 g/mol. The summed E-state index contributed by atoms with van der Waals surface area (Å²) < 4.78 is 5.65. The van der Waals surface area contributed by atoms with Crippen LogP contribution in [0, 0.1) is 0 Å². The van der Waals surface area contributed by atoms with Crippen molar-refractivity contribution in [3.63, 3.8) is 0 Å². The lowest BCUT2D eigenvalue weighted by molar-refractivity contribution is 0.242.